The van der Waals surface area contributed by atoms with Crippen molar-refractivity contribution in [1.82, 2.24) is 0 Å². The highest BCUT2D eigenvalue weighted by Crippen LogP contribution is 2.51. The minimum atomic E-state index is -0.820. The molecule has 0 aliphatic carbocycles. The van der Waals surface area contributed by atoms with E-state index in [0.717, 1.165) is 34.8 Å². The van der Waals surface area contributed by atoms with Crippen LogP contribution in [0.25, 0.3) is 0 Å². The maximum absolute atomic E-state index is 11.4. The van der Waals surface area contributed by atoms with E-state index in [0.29, 0.717) is 0 Å². The lowest BCUT2D eigenvalue weighted by molar-refractivity contribution is -0.0598. The smallest absolute Gasteiger partial charge is 0.125 e. The van der Waals surface area contributed by atoms with E-state index in [1.807, 2.05) is 17.8 Å². The molecule has 0 bridgehead atoms. The normalized spacial score (nSPS) is 26.2. The van der Waals surface area contributed by atoms with E-state index in [1.54, 1.807) is 7.11 Å². The Kier molecular flexibility index (Phi) is 3.90. The van der Waals surface area contributed by atoms with Gasteiger partial charge in [-0.05, 0) is 48.6 Å². The molecule has 0 spiro atoms. The van der Waals surface area contributed by atoms with Crippen molar-refractivity contribution in [3.8, 4) is 5.75 Å². The molecule has 1 fully saturated rings. The maximum Gasteiger partial charge on any atom is 0.125 e. The van der Waals surface area contributed by atoms with Gasteiger partial charge < -0.3 is 9.84 Å². The van der Waals surface area contributed by atoms with Gasteiger partial charge in [0.05, 0.1) is 7.11 Å². The average molecular weight is 280 g/mol. The van der Waals surface area contributed by atoms with E-state index in [4.69, 9.17) is 4.74 Å². The van der Waals surface area contributed by atoms with Crippen LogP contribution in [0.3, 0.4) is 0 Å². The van der Waals surface area contributed by atoms with Crippen molar-refractivity contribution in [2.75, 3.05) is 18.6 Å². The number of rotatable bonds is 2. The molecule has 0 aromatic heterocycles. The van der Waals surface area contributed by atoms with Crippen molar-refractivity contribution in [2.45, 2.75) is 39.7 Å². The van der Waals surface area contributed by atoms with Crippen LogP contribution in [0.2, 0.25) is 0 Å². The van der Waals surface area contributed by atoms with Gasteiger partial charge in [0, 0.05) is 11.3 Å². The molecule has 1 aliphatic heterocycles. The molecule has 1 saturated heterocycles. The van der Waals surface area contributed by atoms with Crippen LogP contribution >= 0.6 is 11.8 Å². The van der Waals surface area contributed by atoms with Crippen molar-refractivity contribution in [3.63, 3.8) is 0 Å². The molecule has 106 valence electrons. The highest BCUT2D eigenvalue weighted by Gasteiger charge is 2.49. The maximum atomic E-state index is 11.4. The van der Waals surface area contributed by atoms with Crippen LogP contribution < -0.4 is 4.74 Å². The van der Waals surface area contributed by atoms with E-state index in [9.17, 15) is 5.11 Å². The Hall–Kier alpha value is -0.670. The first kappa shape index (κ1) is 14.7. The topological polar surface area (TPSA) is 29.5 Å². The molecule has 1 aliphatic rings. The third kappa shape index (κ3) is 2.38. The van der Waals surface area contributed by atoms with Gasteiger partial charge in [0.15, 0.2) is 0 Å². The lowest BCUT2D eigenvalue weighted by atomic mass is 9.68. The molecule has 2 nitrogen and oxygen atoms in total. The number of thioether (sulfide) groups is 1. The predicted octanol–water partition coefficient (Wildman–Crippen LogP) is 3.66. The summed E-state index contributed by atoms with van der Waals surface area (Å²) in [6.07, 6.45) is 1.02. The van der Waals surface area contributed by atoms with Crippen molar-refractivity contribution in [3.05, 3.63) is 28.8 Å². The molecule has 1 N–H and O–H groups in total. The van der Waals surface area contributed by atoms with Crippen LogP contribution in [0.1, 0.15) is 37.0 Å². The average Bonchev–Trinajstić information content (AvgIpc) is 2.31. The zero-order valence-corrected chi connectivity index (χ0v) is 13.4. The van der Waals surface area contributed by atoms with Crippen LogP contribution in [0.4, 0.5) is 0 Å². The van der Waals surface area contributed by atoms with Crippen LogP contribution in [0, 0.1) is 19.3 Å². The van der Waals surface area contributed by atoms with Gasteiger partial charge in [-0.25, -0.2) is 0 Å². The molecule has 2 rings (SSSR count). The summed E-state index contributed by atoms with van der Waals surface area (Å²) in [5.74, 6) is 2.67. The Labute approximate surface area is 120 Å². The first-order valence-electron chi connectivity index (χ1n) is 6.78. The summed E-state index contributed by atoms with van der Waals surface area (Å²) in [6.45, 7) is 8.44. The fourth-order valence-corrected chi connectivity index (χ4v) is 4.61. The Balaban J connectivity index is 2.62. The second kappa shape index (κ2) is 5.02. The number of aryl methyl sites for hydroxylation is 2. The van der Waals surface area contributed by atoms with Gasteiger partial charge in [-0.1, -0.05) is 19.9 Å². The summed E-state index contributed by atoms with van der Waals surface area (Å²) < 4.78 is 5.55. The van der Waals surface area contributed by atoms with Crippen molar-refractivity contribution in [2.24, 2.45) is 5.41 Å². The van der Waals surface area contributed by atoms with Crippen LogP contribution in [0.5, 0.6) is 5.75 Å². The zero-order chi connectivity index (χ0) is 14.3. The third-order valence-corrected chi connectivity index (χ3v) is 5.49. The molecular weight excluding hydrogens is 256 g/mol. The van der Waals surface area contributed by atoms with Crippen molar-refractivity contribution >= 4 is 11.8 Å². The number of hydrogen-bond acceptors (Lipinski definition) is 3. The van der Waals surface area contributed by atoms with Gasteiger partial charge in [0.1, 0.15) is 11.4 Å². The first-order chi connectivity index (χ1) is 8.82. The molecule has 0 amide bonds. The molecule has 1 heterocycles. The number of benzene rings is 1. The fraction of sp³-hybridized carbons (Fsp3) is 0.625. The third-order valence-electron chi connectivity index (χ3n) is 4.38. The minimum Gasteiger partial charge on any atom is -0.496 e. The van der Waals surface area contributed by atoms with Gasteiger partial charge in [0.2, 0.25) is 0 Å². The highest BCUT2D eigenvalue weighted by molar-refractivity contribution is 7.99. The predicted molar refractivity (Wildman–Crippen MR) is 82.1 cm³/mol. The van der Waals surface area contributed by atoms with Gasteiger partial charge in [0.25, 0.3) is 0 Å². The summed E-state index contributed by atoms with van der Waals surface area (Å²) in [5, 5.41) is 11.4. The van der Waals surface area contributed by atoms with Gasteiger partial charge in [-0.2, -0.15) is 11.8 Å². The monoisotopic (exact) mass is 280 g/mol. The quantitative estimate of drug-likeness (QED) is 0.896. The SMILES string of the molecule is COc1cc(C)cc(C)c1C1(O)CSCCC1(C)C. The Bertz CT molecular complexity index is 482. The second-order valence-electron chi connectivity index (χ2n) is 6.21. The molecule has 1 atom stereocenters. The summed E-state index contributed by atoms with van der Waals surface area (Å²) in [5.41, 5.74) is 2.31. The number of ether oxygens (including phenoxy) is 1. The lowest BCUT2D eigenvalue weighted by Crippen LogP contribution is -2.47. The molecule has 0 radical (unpaired) electrons. The van der Waals surface area contributed by atoms with E-state index in [1.165, 1.54) is 5.56 Å². The lowest BCUT2D eigenvalue weighted by Gasteiger charge is -2.47. The van der Waals surface area contributed by atoms with Crippen LogP contribution in [-0.2, 0) is 5.60 Å². The van der Waals surface area contributed by atoms with Crippen LogP contribution in [0.15, 0.2) is 12.1 Å². The summed E-state index contributed by atoms with van der Waals surface area (Å²) in [6, 6.07) is 4.15. The van der Waals surface area contributed by atoms with Gasteiger partial charge in [-0.3, -0.25) is 0 Å². The van der Waals surface area contributed by atoms with Gasteiger partial charge in [-0.15, -0.1) is 0 Å². The van der Waals surface area contributed by atoms with Crippen molar-refractivity contribution in [1.29, 1.82) is 0 Å². The van der Waals surface area contributed by atoms with Gasteiger partial charge >= 0.3 is 0 Å². The standard InChI is InChI=1S/C16H24O2S/c1-11-8-12(2)14(13(9-11)18-5)16(17)10-19-7-6-15(16,3)4/h8-9,17H,6-7,10H2,1-5H3. The summed E-state index contributed by atoms with van der Waals surface area (Å²) in [7, 11) is 1.68. The molecule has 19 heavy (non-hydrogen) atoms. The first-order valence-corrected chi connectivity index (χ1v) is 7.93. The van der Waals surface area contributed by atoms with E-state index >= 15 is 0 Å². The molecular formula is C16H24O2S. The molecule has 1 aromatic carbocycles. The second-order valence-corrected chi connectivity index (χ2v) is 7.31. The summed E-state index contributed by atoms with van der Waals surface area (Å²) in [4.78, 5) is 0. The van der Waals surface area contributed by atoms with E-state index in [2.05, 4.69) is 33.8 Å². The Morgan fingerprint density at radius 1 is 1.26 bits per heavy atom. The van der Waals surface area contributed by atoms with E-state index in [-0.39, 0.29) is 5.41 Å². The number of aliphatic hydroxyl groups is 1. The molecule has 1 unspecified atom stereocenters. The van der Waals surface area contributed by atoms with Crippen molar-refractivity contribution < 1.29 is 9.84 Å². The number of methoxy groups -OCH3 is 1. The number of hydrogen-bond donors (Lipinski definition) is 1. The fourth-order valence-electron chi connectivity index (χ4n) is 2.98. The highest BCUT2D eigenvalue weighted by atomic mass is 32.2. The molecule has 3 heteroatoms. The zero-order valence-electron chi connectivity index (χ0n) is 12.5. The molecule has 1 aromatic rings. The van der Waals surface area contributed by atoms with E-state index < -0.39 is 5.60 Å². The largest absolute Gasteiger partial charge is 0.496 e. The minimum absolute atomic E-state index is 0.133. The molecule has 0 saturated carbocycles. The Morgan fingerprint density at radius 3 is 2.53 bits per heavy atom. The summed E-state index contributed by atoms with van der Waals surface area (Å²) >= 11 is 1.83. The Morgan fingerprint density at radius 2 is 1.95 bits per heavy atom. The van der Waals surface area contributed by atoms with Crippen LogP contribution in [-0.4, -0.2) is 23.7 Å².